The molecule has 0 unspecified atom stereocenters. The molecule has 1 saturated carbocycles. The molecule has 1 saturated heterocycles. The average Bonchev–Trinajstić information content (AvgIpc) is 3.53. The van der Waals surface area contributed by atoms with E-state index in [0.29, 0.717) is 42.6 Å². The fraction of sp³-hybridized carbons (Fsp3) is 0.556. The Kier molecular flexibility index (Phi) is 10.8. The molecule has 6 rings (SSSR count). The topological polar surface area (TPSA) is 124 Å². The van der Waals surface area contributed by atoms with Gasteiger partial charge in [-0.25, -0.2) is 17.9 Å². The van der Waals surface area contributed by atoms with E-state index in [4.69, 9.17) is 30.5 Å². The Hall–Kier alpha value is -3.32. The number of rotatable bonds is 2. The lowest BCUT2D eigenvalue weighted by molar-refractivity contribution is -0.139. The van der Waals surface area contributed by atoms with E-state index in [1.165, 1.54) is 19.9 Å². The molecule has 13 heteroatoms. The summed E-state index contributed by atoms with van der Waals surface area (Å²) in [6.07, 6.45) is 7.83. The van der Waals surface area contributed by atoms with E-state index in [1.807, 2.05) is 24.3 Å². The second-order valence-electron chi connectivity index (χ2n) is 13.9. The molecule has 2 amide bonds. The summed E-state index contributed by atoms with van der Waals surface area (Å²) in [7, 11) is -2.59. The second kappa shape index (κ2) is 14.9. The van der Waals surface area contributed by atoms with Crippen molar-refractivity contribution in [1.82, 2.24) is 9.62 Å². The number of methoxy groups -OCH3 is 1. The molecule has 0 radical (unpaired) electrons. The molecule has 2 bridgehead atoms. The van der Waals surface area contributed by atoms with Gasteiger partial charge in [0, 0.05) is 37.7 Å². The smallest absolute Gasteiger partial charge is 0.410 e. The van der Waals surface area contributed by atoms with Crippen molar-refractivity contribution in [3.63, 3.8) is 0 Å². The van der Waals surface area contributed by atoms with Crippen molar-refractivity contribution in [2.24, 2.45) is 11.8 Å². The molecule has 1 aliphatic carbocycles. The highest BCUT2D eigenvalue weighted by atomic mass is 35.5. The molecule has 2 aromatic rings. The number of ether oxygens (including phenoxy) is 4. The van der Waals surface area contributed by atoms with E-state index in [2.05, 4.69) is 9.62 Å². The van der Waals surface area contributed by atoms with Crippen LogP contribution >= 0.6 is 11.6 Å². The van der Waals surface area contributed by atoms with Crippen LogP contribution in [0.3, 0.4) is 0 Å². The van der Waals surface area contributed by atoms with Gasteiger partial charge in [0.15, 0.2) is 0 Å². The number of carbonyl (C=O) groups is 2. The lowest BCUT2D eigenvalue weighted by Crippen LogP contribution is -2.47. The van der Waals surface area contributed by atoms with E-state index in [9.17, 15) is 18.0 Å². The van der Waals surface area contributed by atoms with Crippen LogP contribution in [-0.4, -0.2) is 83.0 Å². The van der Waals surface area contributed by atoms with Gasteiger partial charge in [-0.05, 0) is 106 Å². The Morgan fingerprint density at radius 2 is 1.88 bits per heavy atom. The third-order valence-corrected chi connectivity index (χ3v) is 11.8. The number of halogens is 1. The molecular weight excluding hydrogens is 670 g/mol. The van der Waals surface area contributed by atoms with E-state index < -0.39 is 27.6 Å². The zero-order chi connectivity index (χ0) is 34.8. The highest BCUT2D eigenvalue weighted by molar-refractivity contribution is 7.90. The minimum atomic E-state index is -4.24. The Labute approximate surface area is 293 Å². The van der Waals surface area contributed by atoms with E-state index in [0.717, 1.165) is 49.7 Å². The van der Waals surface area contributed by atoms with Gasteiger partial charge >= 0.3 is 6.09 Å². The standard InChI is InChI=1S/C36H46ClN3O8S/c1-36(2)34(41)38-49(43,44)29-12-14-33-31(20-29)39(16-5-4-7-24-19-27(37)11-9-26(24)23-46-33)21-25-10-13-30(25)32(8-6-18-47-36)48-35(42)40-17-15-28(22-40)45-3/h6,8-9,11-12,14,19-20,25,28,30,32H,4-5,7,10,13,15-18,21-23H2,1-3H3,(H,38,41)/b8-6+/t25-,28-,30+,32-/m0/s1. The first-order chi connectivity index (χ1) is 23.4. The normalized spacial score (nSPS) is 27.6. The van der Waals surface area contributed by atoms with Crippen molar-refractivity contribution >= 4 is 39.3 Å². The van der Waals surface area contributed by atoms with Crippen LogP contribution in [0, 0.1) is 11.8 Å². The predicted octanol–water partition coefficient (Wildman–Crippen LogP) is 5.48. The van der Waals surface area contributed by atoms with E-state index >= 15 is 0 Å². The summed E-state index contributed by atoms with van der Waals surface area (Å²) in [4.78, 5) is 30.4. The maximum atomic E-state index is 13.6. The van der Waals surface area contributed by atoms with Gasteiger partial charge in [0.1, 0.15) is 24.1 Å². The molecule has 3 heterocycles. The molecule has 2 aromatic carbocycles. The van der Waals surface area contributed by atoms with Crippen molar-refractivity contribution in [2.45, 2.75) is 81.7 Å². The zero-order valence-electron chi connectivity index (χ0n) is 28.4. The number of hydrogen-bond acceptors (Lipinski definition) is 9. The number of carbonyl (C=O) groups excluding carboxylic acids is 2. The Morgan fingerprint density at radius 3 is 2.63 bits per heavy atom. The maximum absolute atomic E-state index is 13.6. The van der Waals surface area contributed by atoms with Gasteiger partial charge in [0.05, 0.1) is 29.8 Å². The first-order valence-corrected chi connectivity index (χ1v) is 18.9. The molecule has 0 aromatic heterocycles. The summed E-state index contributed by atoms with van der Waals surface area (Å²) >= 11 is 6.34. The van der Waals surface area contributed by atoms with Crippen molar-refractivity contribution in [3.8, 4) is 5.75 Å². The number of anilines is 1. The molecule has 4 aliphatic rings. The minimum absolute atomic E-state index is 0.0105. The van der Waals surface area contributed by atoms with Crippen LogP contribution in [-0.2, 0) is 42.1 Å². The first-order valence-electron chi connectivity index (χ1n) is 17.1. The molecule has 4 atom stereocenters. The number of sulfonamides is 1. The summed E-state index contributed by atoms with van der Waals surface area (Å²) in [5.41, 5.74) is 1.32. The second-order valence-corrected chi connectivity index (χ2v) is 16.0. The molecule has 266 valence electrons. The molecule has 49 heavy (non-hydrogen) atoms. The molecule has 1 N–H and O–H groups in total. The number of nitrogens with one attached hydrogen (secondary N) is 1. The Balaban J connectivity index is 1.35. The van der Waals surface area contributed by atoms with Crippen LogP contribution in [0.5, 0.6) is 5.75 Å². The van der Waals surface area contributed by atoms with Crippen LogP contribution in [0.25, 0.3) is 0 Å². The van der Waals surface area contributed by atoms with E-state index in [1.54, 1.807) is 30.2 Å². The van der Waals surface area contributed by atoms with Crippen LogP contribution in [0.1, 0.15) is 57.1 Å². The monoisotopic (exact) mass is 715 g/mol. The minimum Gasteiger partial charge on any atom is -0.487 e. The summed E-state index contributed by atoms with van der Waals surface area (Å²) in [6, 6.07) is 10.5. The van der Waals surface area contributed by atoms with Crippen molar-refractivity contribution in [1.29, 1.82) is 0 Å². The number of aryl methyl sites for hydroxylation is 1. The van der Waals surface area contributed by atoms with Gasteiger partial charge in [0.25, 0.3) is 15.9 Å². The number of amides is 2. The Morgan fingerprint density at radius 1 is 1.04 bits per heavy atom. The summed E-state index contributed by atoms with van der Waals surface area (Å²) < 4.78 is 53.3. The number of benzene rings is 2. The van der Waals surface area contributed by atoms with Crippen LogP contribution in [0.15, 0.2) is 53.4 Å². The average molecular weight is 716 g/mol. The fourth-order valence-electron chi connectivity index (χ4n) is 6.98. The van der Waals surface area contributed by atoms with Crippen molar-refractivity contribution in [2.75, 3.05) is 44.8 Å². The molecule has 2 fully saturated rings. The first kappa shape index (κ1) is 35.5. The van der Waals surface area contributed by atoms with Crippen LogP contribution in [0.4, 0.5) is 10.5 Å². The van der Waals surface area contributed by atoms with Crippen molar-refractivity contribution in [3.05, 3.63) is 64.7 Å². The highest BCUT2D eigenvalue weighted by Gasteiger charge is 2.41. The van der Waals surface area contributed by atoms with Crippen molar-refractivity contribution < 1.29 is 37.0 Å². The zero-order valence-corrected chi connectivity index (χ0v) is 29.9. The van der Waals surface area contributed by atoms with Gasteiger partial charge in [-0.2, -0.15) is 0 Å². The summed E-state index contributed by atoms with van der Waals surface area (Å²) in [5.74, 6) is -0.0620. The Bertz CT molecular complexity index is 1680. The SMILES string of the molecule is CO[C@H]1CCN(C(=O)O[C@H]2/C=C/COC(C)(C)C(=O)NS(=O)(=O)c3ccc4c(c3)N(CCCCc3cc(Cl)ccc3CO4)C[C@@H]3CC[C@H]32)C1. The third kappa shape index (κ3) is 8.19. The number of nitrogens with zero attached hydrogens (tertiary/aromatic N) is 2. The number of fused-ring (bicyclic) bond motifs is 3. The van der Waals surface area contributed by atoms with Gasteiger partial charge in [-0.15, -0.1) is 0 Å². The van der Waals surface area contributed by atoms with Crippen LogP contribution < -0.4 is 14.4 Å². The highest BCUT2D eigenvalue weighted by Crippen LogP contribution is 2.42. The third-order valence-electron chi connectivity index (χ3n) is 10.2. The van der Waals surface area contributed by atoms with Gasteiger partial charge in [-0.1, -0.05) is 23.7 Å². The predicted molar refractivity (Wildman–Crippen MR) is 185 cm³/mol. The van der Waals surface area contributed by atoms with Gasteiger partial charge in [0.2, 0.25) is 0 Å². The summed E-state index contributed by atoms with van der Waals surface area (Å²) in [6.45, 7) is 5.66. The largest absolute Gasteiger partial charge is 0.487 e. The maximum Gasteiger partial charge on any atom is 0.410 e. The number of hydrogen-bond donors (Lipinski definition) is 1. The van der Waals surface area contributed by atoms with E-state index in [-0.39, 0.29) is 42.1 Å². The summed E-state index contributed by atoms with van der Waals surface area (Å²) in [5, 5.41) is 0.675. The van der Waals surface area contributed by atoms with Gasteiger partial charge < -0.3 is 28.7 Å². The quantitative estimate of drug-likeness (QED) is 0.403. The number of likely N-dealkylation sites (tertiary alicyclic amines) is 1. The fourth-order valence-corrected chi connectivity index (χ4v) is 8.30. The lowest BCUT2D eigenvalue weighted by atomic mass is 9.70. The van der Waals surface area contributed by atoms with Crippen LogP contribution in [0.2, 0.25) is 5.02 Å². The van der Waals surface area contributed by atoms with Gasteiger partial charge in [-0.3, -0.25) is 4.79 Å². The lowest BCUT2D eigenvalue weighted by Gasteiger charge is -2.43. The molecule has 3 aliphatic heterocycles. The molecule has 0 spiro atoms. The molecular formula is C36H46ClN3O8S. The molecule has 11 nitrogen and oxygen atoms in total.